The molecule has 2 fully saturated rings. The van der Waals surface area contributed by atoms with Crippen LogP contribution in [0.3, 0.4) is 0 Å². The predicted octanol–water partition coefficient (Wildman–Crippen LogP) is 1.41. The summed E-state index contributed by atoms with van der Waals surface area (Å²) in [7, 11) is 0. The summed E-state index contributed by atoms with van der Waals surface area (Å²) in [6, 6.07) is 0.688. The van der Waals surface area contributed by atoms with E-state index in [0.717, 1.165) is 32.8 Å². The minimum atomic E-state index is 0.516. The molecule has 0 spiro atoms. The van der Waals surface area contributed by atoms with Crippen LogP contribution < -0.4 is 5.32 Å². The van der Waals surface area contributed by atoms with Crippen molar-refractivity contribution in [3.05, 3.63) is 12.7 Å². The Labute approximate surface area is 98.8 Å². The number of nitrogens with zero attached hydrogens (tertiary/aromatic N) is 1. The number of rotatable bonds is 5. The summed E-state index contributed by atoms with van der Waals surface area (Å²) in [5, 5.41) is 3.38. The second kappa shape index (κ2) is 6.38. The highest BCUT2D eigenvalue weighted by atomic mass is 16.5. The molecule has 1 aliphatic carbocycles. The van der Waals surface area contributed by atoms with Gasteiger partial charge in [-0.1, -0.05) is 18.9 Å². The number of hydrogen-bond acceptors (Lipinski definition) is 3. The first kappa shape index (κ1) is 12.1. The Balaban J connectivity index is 1.76. The minimum Gasteiger partial charge on any atom is -0.375 e. The van der Waals surface area contributed by atoms with E-state index in [1.807, 2.05) is 6.08 Å². The molecule has 1 aliphatic heterocycles. The van der Waals surface area contributed by atoms with Crippen molar-refractivity contribution in [2.24, 2.45) is 0 Å². The van der Waals surface area contributed by atoms with E-state index in [0.29, 0.717) is 12.1 Å². The van der Waals surface area contributed by atoms with Crippen LogP contribution in [0.15, 0.2) is 12.7 Å². The van der Waals surface area contributed by atoms with Crippen molar-refractivity contribution < 1.29 is 4.74 Å². The van der Waals surface area contributed by atoms with Gasteiger partial charge in [-0.05, 0) is 12.8 Å². The van der Waals surface area contributed by atoms with E-state index in [4.69, 9.17) is 4.74 Å². The lowest BCUT2D eigenvalue weighted by atomic mass is 9.90. The normalized spacial score (nSPS) is 31.0. The maximum Gasteiger partial charge on any atom is 0.0730 e. The third kappa shape index (κ3) is 3.06. The zero-order valence-corrected chi connectivity index (χ0v) is 10.2. The van der Waals surface area contributed by atoms with Crippen molar-refractivity contribution in [2.75, 3.05) is 32.8 Å². The van der Waals surface area contributed by atoms with Gasteiger partial charge < -0.3 is 10.1 Å². The van der Waals surface area contributed by atoms with Gasteiger partial charge in [0.05, 0.1) is 12.7 Å². The standard InChI is InChI=1S/C13H24N2O/c1-2-7-14-8-9-15-10-11-16-13-6-4-3-5-12(13)15/h2,12-14H,1,3-11H2. The van der Waals surface area contributed by atoms with Gasteiger partial charge in [0, 0.05) is 32.2 Å². The van der Waals surface area contributed by atoms with E-state index >= 15 is 0 Å². The third-order valence-electron chi connectivity index (χ3n) is 3.71. The molecule has 2 aliphatic rings. The molecule has 0 bridgehead atoms. The number of morpholine rings is 1. The van der Waals surface area contributed by atoms with Crippen LogP contribution >= 0.6 is 0 Å². The molecule has 0 aromatic rings. The molecule has 0 radical (unpaired) electrons. The van der Waals surface area contributed by atoms with Crippen molar-refractivity contribution >= 4 is 0 Å². The Kier molecular flexibility index (Phi) is 4.82. The summed E-state index contributed by atoms with van der Waals surface area (Å²) in [6.45, 7) is 8.87. The molecule has 0 aromatic heterocycles. The highest BCUT2D eigenvalue weighted by molar-refractivity contribution is 4.87. The highest BCUT2D eigenvalue weighted by Crippen LogP contribution is 2.27. The van der Waals surface area contributed by atoms with Gasteiger partial charge in [0.1, 0.15) is 0 Å². The first-order valence-corrected chi connectivity index (χ1v) is 6.59. The summed E-state index contributed by atoms with van der Waals surface area (Å²) in [6.07, 6.45) is 7.75. The molecular weight excluding hydrogens is 200 g/mol. The van der Waals surface area contributed by atoms with Crippen LogP contribution in [-0.4, -0.2) is 49.8 Å². The van der Waals surface area contributed by atoms with E-state index in [1.54, 1.807) is 0 Å². The SMILES string of the molecule is C=CCNCCN1CCOC2CCCCC21. The number of ether oxygens (including phenoxy) is 1. The molecule has 1 N–H and O–H groups in total. The zero-order valence-electron chi connectivity index (χ0n) is 10.2. The second-order valence-corrected chi connectivity index (χ2v) is 4.79. The van der Waals surface area contributed by atoms with Crippen LogP contribution in [0.2, 0.25) is 0 Å². The van der Waals surface area contributed by atoms with Crippen LogP contribution in [-0.2, 0) is 4.74 Å². The lowest BCUT2D eigenvalue weighted by molar-refractivity contribution is -0.0873. The monoisotopic (exact) mass is 224 g/mol. The summed E-state index contributed by atoms with van der Waals surface area (Å²) >= 11 is 0. The molecule has 1 heterocycles. The molecule has 3 heteroatoms. The van der Waals surface area contributed by atoms with E-state index in [9.17, 15) is 0 Å². The van der Waals surface area contributed by atoms with Crippen molar-refractivity contribution in [3.63, 3.8) is 0 Å². The highest BCUT2D eigenvalue weighted by Gasteiger charge is 2.33. The molecule has 0 aromatic carbocycles. The average molecular weight is 224 g/mol. The Hall–Kier alpha value is -0.380. The fourth-order valence-electron chi connectivity index (χ4n) is 2.88. The Morgan fingerprint density at radius 3 is 3.12 bits per heavy atom. The molecule has 2 atom stereocenters. The van der Waals surface area contributed by atoms with Crippen LogP contribution in [0.25, 0.3) is 0 Å². The first-order chi connectivity index (χ1) is 7.92. The number of fused-ring (bicyclic) bond motifs is 1. The summed E-state index contributed by atoms with van der Waals surface area (Å²) in [5.74, 6) is 0. The Morgan fingerprint density at radius 2 is 2.25 bits per heavy atom. The van der Waals surface area contributed by atoms with Gasteiger partial charge in [-0.2, -0.15) is 0 Å². The number of nitrogens with one attached hydrogen (secondary N) is 1. The fraction of sp³-hybridized carbons (Fsp3) is 0.846. The van der Waals surface area contributed by atoms with Crippen molar-refractivity contribution in [2.45, 2.75) is 37.8 Å². The smallest absolute Gasteiger partial charge is 0.0730 e. The molecule has 92 valence electrons. The van der Waals surface area contributed by atoms with Crippen LogP contribution in [0.5, 0.6) is 0 Å². The third-order valence-corrected chi connectivity index (χ3v) is 3.71. The van der Waals surface area contributed by atoms with Crippen molar-refractivity contribution in [3.8, 4) is 0 Å². The molecule has 2 rings (SSSR count). The van der Waals surface area contributed by atoms with Crippen molar-refractivity contribution in [1.29, 1.82) is 0 Å². The molecule has 2 unspecified atom stereocenters. The fourth-order valence-corrected chi connectivity index (χ4v) is 2.88. The number of hydrogen-bond donors (Lipinski definition) is 1. The van der Waals surface area contributed by atoms with Gasteiger partial charge in [-0.3, -0.25) is 4.90 Å². The second-order valence-electron chi connectivity index (χ2n) is 4.79. The summed E-state index contributed by atoms with van der Waals surface area (Å²) in [5.41, 5.74) is 0. The van der Waals surface area contributed by atoms with E-state index < -0.39 is 0 Å². The van der Waals surface area contributed by atoms with Crippen LogP contribution in [0.4, 0.5) is 0 Å². The Bertz CT molecular complexity index is 218. The van der Waals surface area contributed by atoms with E-state index in [-0.39, 0.29) is 0 Å². The maximum absolute atomic E-state index is 5.86. The molecule has 16 heavy (non-hydrogen) atoms. The molecule has 1 saturated carbocycles. The Morgan fingerprint density at radius 1 is 1.38 bits per heavy atom. The minimum absolute atomic E-state index is 0.516. The topological polar surface area (TPSA) is 24.5 Å². The van der Waals surface area contributed by atoms with Crippen LogP contribution in [0, 0.1) is 0 Å². The quantitative estimate of drug-likeness (QED) is 0.564. The average Bonchev–Trinajstić information content (AvgIpc) is 2.35. The maximum atomic E-state index is 5.86. The summed E-state index contributed by atoms with van der Waals surface area (Å²) < 4.78 is 5.86. The van der Waals surface area contributed by atoms with Crippen LogP contribution in [0.1, 0.15) is 25.7 Å². The van der Waals surface area contributed by atoms with E-state index in [1.165, 1.54) is 25.7 Å². The van der Waals surface area contributed by atoms with Gasteiger partial charge in [0.2, 0.25) is 0 Å². The van der Waals surface area contributed by atoms with Crippen molar-refractivity contribution in [1.82, 2.24) is 10.2 Å². The van der Waals surface area contributed by atoms with Gasteiger partial charge in [0.15, 0.2) is 0 Å². The largest absolute Gasteiger partial charge is 0.375 e. The lowest BCUT2D eigenvalue weighted by Gasteiger charge is -2.43. The molecule has 0 amide bonds. The zero-order chi connectivity index (χ0) is 11.2. The van der Waals surface area contributed by atoms with Gasteiger partial charge in [-0.15, -0.1) is 6.58 Å². The van der Waals surface area contributed by atoms with Gasteiger partial charge in [0.25, 0.3) is 0 Å². The molecule has 1 saturated heterocycles. The van der Waals surface area contributed by atoms with E-state index in [2.05, 4.69) is 16.8 Å². The van der Waals surface area contributed by atoms with Gasteiger partial charge >= 0.3 is 0 Å². The predicted molar refractivity (Wildman–Crippen MR) is 66.6 cm³/mol. The molecule has 3 nitrogen and oxygen atoms in total. The lowest BCUT2D eigenvalue weighted by Crippen LogP contribution is -2.54. The van der Waals surface area contributed by atoms with Gasteiger partial charge in [-0.25, -0.2) is 0 Å². The first-order valence-electron chi connectivity index (χ1n) is 6.59. The molecular formula is C13H24N2O. The summed E-state index contributed by atoms with van der Waals surface area (Å²) in [4.78, 5) is 2.61.